The van der Waals surface area contributed by atoms with Gasteiger partial charge < -0.3 is 5.32 Å². The van der Waals surface area contributed by atoms with Crippen molar-refractivity contribution in [2.75, 3.05) is 6.54 Å². The van der Waals surface area contributed by atoms with E-state index in [0.29, 0.717) is 10.0 Å². The lowest BCUT2D eigenvalue weighted by molar-refractivity contribution is 0.550. The van der Waals surface area contributed by atoms with Crippen molar-refractivity contribution in [2.45, 2.75) is 26.3 Å². The second kappa shape index (κ2) is 7.51. The molecule has 2 aromatic rings. The Kier molecular flexibility index (Phi) is 5.95. The molecule has 0 radical (unpaired) electrons. The summed E-state index contributed by atoms with van der Waals surface area (Å²) in [5.41, 5.74) is 3.19. The number of likely N-dealkylation sites (N-methyl/N-ethyl adjacent to an activating group) is 1. The molecular weight excluding hydrogens is 325 g/mol. The van der Waals surface area contributed by atoms with Gasteiger partial charge in [-0.15, -0.1) is 0 Å². The molecule has 0 saturated heterocycles. The summed E-state index contributed by atoms with van der Waals surface area (Å²) in [5.74, 6) is 0. The van der Waals surface area contributed by atoms with Crippen molar-refractivity contribution in [3.8, 4) is 0 Å². The van der Waals surface area contributed by atoms with Crippen LogP contribution in [0.5, 0.6) is 0 Å². The van der Waals surface area contributed by atoms with Crippen LogP contribution in [0.1, 0.15) is 29.7 Å². The molecule has 0 aromatic heterocycles. The van der Waals surface area contributed by atoms with E-state index in [9.17, 15) is 0 Å². The average Bonchev–Trinajstić information content (AvgIpc) is 2.46. The Bertz CT molecular complexity index is 625. The van der Waals surface area contributed by atoms with E-state index in [1.807, 2.05) is 31.2 Å². The summed E-state index contributed by atoms with van der Waals surface area (Å²) in [6.45, 7) is 4.95. The molecule has 21 heavy (non-hydrogen) atoms. The third kappa shape index (κ3) is 3.92. The molecular formula is C17H18Cl3N. The zero-order valence-electron chi connectivity index (χ0n) is 12.1. The van der Waals surface area contributed by atoms with Crippen molar-refractivity contribution in [2.24, 2.45) is 0 Å². The van der Waals surface area contributed by atoms with Crippen LogP contribution in [0.2, 0.25) is 15.1 Å². The summed E-state index contributed by atoms with van der Waals surface area (Å²) in [5, 5.41) is 5.48. The first-order chi connectivity index (χ1) is 10.0. The Balaban J connectivity index is 2.35. The third-order valence-corrected chi connectivity index (χ3v) is 4.88. The first-order valence-corrected chi connectivity index (χ1v) is 8.09. The van der Waals surface area contributed by atoms with Gasteiger partial charge in [0, 0.05) is 11.1 Å². The SMILES string of the molecule is CCNC(Cc1cccc(Cl)c1Cl)c1cccc(C)c1Cl. The van der Waals surface area contributed by atoms with E-state index in [1.165, 1.54) is 0 Å². The number of hydrogen-bond donors (Lipinski definition) is 1. The minimum absolute atomic E-state index is 0.110. The highest BCUT2D eigenvalue weighted by Crippen LogP contribution is 2.32. The van der Waals surface area contributed by atoms with E-state index in [0.717, 1.165) is 34.7 Å². The number of benzene rings is 2. The molecule has 0 bridgehead atoms. The van der Waals surface area contributed by atoms with Crippen LogP contribution in [0.4, 0.5) is 0 Å². The summed E-state index contributed by atoms with van der Waals surface area (Å²) in [6, 6.07) is 11.9. The van der Waals surface area contributed by atoms with Crippen molar-refractivity contribution in [3.63, 3.8) is 0 Å². The fourth-order valence-electron chi connectivity index (χ4n) is 2.40. The molecule has 2 rings (SSSR count). The van der Waals surface area contributed by atoms with Gasteiger partial charge in [-0.2, -0.15) is 0 Å². The summed E-state index contributed by atoms with van der Waals surface area (Å²) in [6.07, 6.45) is 0.746. The summed E-state index contributed by atoms with van der Waals surface area (Å²) in [4.78, 5) is 0. The molecule has 0 aliphatic carbocycles. The molecule has 112 valence electrons. The molecule has 4 heteroatoms. The zero-order chi connectivity index (χ0) is 15.4. The highest BCUT2D eigenvalue weighted by Gasteiger charge is 2.17. The quantitative estimate of drug-likeness (QED) is 0.719. The fourth-order valence-corrected chi connectivity index (χ4v) is 3.06. The molecule has 0 spiro atoms. The monoisotopic (exact) mass is 341 g/mol. The molecule has 0 fully saturated rings. The summed E-state index contributed by atoms with van der Waals surface area (Å²) < 4.78 is 0. The minimum Gasteiger partial charge on any atom is -0.310 e. The van der Waals surface area contributed by atoms with Crippen molar-refractivity contribution in [1.82, 2.24) is 5.32 Å². The van der Waals surface area contributed by atoms with Crippen LogP contribution in [-0.4, -0.2) is 6.54 Å². The molecule has 1 unspecified atom stereocenters. The zero-order valence-corrected chi connectivity index (χ0v) is 14.4. The summed E-state index contributed by atoms with van der Waals surface area (Å²) in [7, 11) is 0. The van der Waals surface area contributed by atoms with E-state index >= 15 is 0 Å². The molecule has 0 heterocycles. The first kappa shape index (κ1) is 16.6. The number of rotatable bonds is 5. The van der Waals surface area contributed by atoms with Crippen LogP contribution >= 0.6 is 34.8 Å². The number of halogens is 3. The van der Waals surface area contributed by atoms with Crippen LogP contribution in [0.3, 0.4) is 0 Å². The highest BCUT2D eigenvalue weighted by atomic mass is 35.5. The van der Waals surface area contributed by atoms with Gasteiger partial charge in [-0.1, -0.05) is 72.1 Å². The second-order valence-electron chi connectivity index (χ2n) is 5.01. The maximum Gasteiger partial charge on any atom is 0.0624 e. The molecule has 0 aliphatic rings. The second-order valence-corrected chi connectivity index (χ2v) is 6.17. The molecule has 1 N–H and O–H groups in total. The smallest absolute Gasteiger partial charge is 0.0624 e. The standard InChI is InChI=1S/C17H18Cl3N/c1-3-21-15(13-8-4-6-11(2)16(13)19)10-12-7-5-9-14(18)17(12)20/h4-9,15,21H,3,10H2,1-2H3. The van der Waals surface area contributed by atoms with Gasteiger partial charge >= 0.3 is 0 Å². The Labute approximate surface area is 141 Å². The lowest BCUT2D eigenvalue weighted by atomic mass is 9.97. The van der Waals surface area contributed by atoms with Crippen molar-refractivity contribution in [3.05, 3.63) is 68.2 Å². The van der Waals surface area contributed by atoms with Gasteiger partial charge in [0.1, 0.15) is 0 Å². The molecule has 2 aromatic carbocycles. The molecule has 1 nitrogen and oxygen atoms in total. The van der Waals surface area contributed by atoms with Crippen molar-refractivity contribution >= 4 is 34.8 Å². The van der Waals surface area contributed by atoms with E-state index in [-0.39, 0.29) is 6.04 Å². The maximum atomic E-state index is 6.46. The molecule has 1 atom stereocenters. The van der Waals surface area contributed by atoms with Crippen molar-refractivity contribution < 1.29 is 0 Å². The Morgan fingerprint density at radius 2 is 1.71 bits per heavy atom. The van der Waals surface area contributed by atoms with Gasteiger partial charge in [0.05, 0.1) is 10.0 Å². The third-order valence-electron chi connectivity index (χ3n) is 3.50. The highest BCUT2D eigenvalue weighted by molar-refractivity contribution is 6.42. The maximum absolute atomic E-state index is 6.46. The van der Waals surface area contributed by atoms with E-state index in [2.05, 4.69) is 18.3 Å². The molecule has 0 amide bonds. The lowest BCUT2D eigenvalue weighted by Gasteiger charge is -2.21. The predicted octanol–water partition coefficient (Wildman–Crippen LogP) is 5.85. The van der Waals surface area contributed by atoms with E-state index in [4.69, 9.17) is 34.8 Å². The van der Waals surface area contributed by atoms with Crippen LogP contribution in [0, 0.1) is 6.92 Å². The van der Waals surface area contributed by atoms with E-state index < -0.39 is 0 Å². The fraction of sp³-hybridized carbons (Fsp3) is 0.294. The van der Waals surface area contributed by atoms with Gasteiger partial charge in [0.25, 0.3) is 0 Å². The van der Waals surface area contributed by atoms with Gasteiger partial charge in [-0.3, -0.25) is 0 Å². The number of nitrogens with one attached hydrogen (secondary N) is 1. The predicted molar refractivity (Wildman–Crippen MR) is 92.8 cm³/mol. The van der Waals surface area contributed by atoms with Crippen LogP contribution in [-0.2, 0) is 6.42 Å². The van der Waals surface area contributed by atoms with Gasteiger partial charge in [-0.25, -0.2) is 0 Å². The van der Waals surface area contributed by atoms with Crippen LogP contribution in [0.15, 0.2) is 36.4 Å². The largest absolute Gasteiger partial charge is 0.310 e. The van der Waals surface area contributed by atoms with Crippen molar-refractivity contribution in [1.29, 1.82) is 0 Å². The van der Waals surface area contributed by atoms with Crippen LogP contribution < -0.4 is 5.32 Å². The lowest BCUT2D eigenvalue weighted by Crippen LogP contribution is -2.23. The summed E-state index contributed by atoms with van der Waals surface area (Å²) >= 11 is 18.9. The molecule has 0 saturated carbocycles. The number of aryl methyl sites for hydroxylation is 1. The van der Waals surface area contributed by atoms with Crippen LogP contribution in [0.25, 0.3) is 0 Å². The Hall–Kier alpha value is -0.730. The average molecular weight is 343 g/mol. The van der Waals surface area contributed by atoms with Gasteiger partial charge in [0.15, 0.2) is 0 Å². The van der Waals surface area contributed by atoms with Gasteiger partial charge in [-0.05, 0) is 42.6 Å². The van der Waals surface area contributed by atoms with E-state index in [1.54, 1.807) is 6.07 Å². The van der Waals surface area contributed by atoms with Gasteiger partial charge in [0.2, 0.25) is 0 Å². The normalized spacial score (nSPS) is 12.4. The first-order valence-electron chi connectivity index (χ1n) is 6.95. The molecule has 0 aliphatic heterocycles. The minimum atomic E-state index is 0.110. The Morgan fingerprint density at radius 1 is 1.00 bits per heavy atom. The Morgan fingerprint density at radius 3 is 2.43 bits per heavy atom. The number of hydrogen-bond acceptors (Lipinski definition) is 1. The topological polar surface area (TPSA) is 12.0 Å².